The van der Waals surface area contributed by atoms with Crippen molar-refractivity contribution >= 4 is 118 Å². The maximum Gasteiger partial charge on any atom is 0.165 e. The molecule has 5 heterocycles. The van der Waals surface area contributed by atoms with Gasteiger partial charge in [-0.3, -0.25) is 0 Å². The summed E-state index contributed by atoms with van der Waals surface area (Å²) in [4.78, 5) is 16.4. The van der Waals surface area contributed by atoms with Gasteiger partial charge in [-0.1, -0.05) is 140 Å². The number of hydrogen-bond donors (Lipinski definition) is 0. The number of fused-ring (bicyclic) bond motifs is 13. The van der Waals surface area contributed by atoms with Crippen LogP contribution in [0.3, 0.4) is 0 Å². The van der Waals surface area contributed by atoms with E-state index in [2.05, 4.69) is 205 Å². The Bertz CT molecular complexity index is 4590. The number of furan rings is 1. The van der Waals surface area contributed by atoms with E-state index < -0.39 is 0 Å². The van der Waals surface area contributed by atoms with Crippen molar-refractivity contribution in [2.75, 3.05) is 0 Å². The molecule has 10 aromatic carbocycles. The smallest absolute Gasteiger partial charge is 0.165 e. The lowest BCUT2D eigenvalue weighted by Crippen LogP contribution is -2.02. The van der Waals surface area contributed by atoms with E-state index in [4.69, 9.17) is 19.4 Å². The molecule has 0 N–H and O–H groups in total. The quantitative estimate of drug-likeness (QED) is 0.173. The van der Waals surface area contributed by atoms with Crippen molar-refractivity contribution in [1.82, 2.24) is 19.5 Å². The van der Waals surface area contributed by atoms with Gasteiger partial charge in [0.2, 0.25) is 0 Å². The second-order valence-corrected chi connectivity index (χ2v) is 19.6. The molecule has 7 heteroatoms. The van der Waals surface area contributed by atoms with E-state index >= 15 is 0 Å². The first kappa shape index (κ1) is 37.7. The fourth-order valence-corrected chi connectivity index (χ4v) is 12.9. The van der Waals surface area contributed by atoms with E-state index in [0.29, 0.717) is 17.5 Å². The topological polar surface area (TPSA) is 56.7 Å². The maximum atomic E-state index is 6.83. The summed E-state index contributed by atoms with van der Waals surface area (Å²) < 4.78 is 14.1. The monoisotopic (exact) mass is 902 g/mol. The summed E-state index contributed by atoms with van der Waals surface area (Å²) in [6.45, 7) is 0. The first-order valence-electron chi connectivity index (χ1n) is 22.7. The summed E-state index contributed by atoms with van der Waals surface area (Å²) in [5.74, 6) is 1.87. The van der Waals surface area contributed by atoms with E-state index in [9.17, 15) is 0 Å². The van der Waals surface area contributed by atoms with Crippen LogP contribution >= 0.6 is 22.7 Å². The second kappa shape index (κ2) is 14.5. The molecule has 0 saturated heterocycles. The predicted octanol–water partition coefficient (Wildman–Crippen LogP) is 17.4. The van der Waals surface area contributed by atoms with Crippen LogP contribution in [0.25, 0.3) is 146 Å². The van der Waals surface area contributed by atoms with Crippen molar-refractivity contribution in [2.24, 2.45) is 0 Å². The minimum Gasteiger partial charge on any atom is -0.455 e. The average Bonchev–Trinajstić information content (AvgIpc) is 4.17. The van der Waals surface area contributed by atoms with E-state index in [0.717, 1.165) is 76.6 Å². The van der Waals surface area contributed by atoms with Gasteiger partial charge in [-0.15, -0.1) is 22.7 Å². The molecule has 5 aromatic heterocycles. The third kappa shape index (κ3) is 5.57. The average molecular weight is 903 g/mol. The zero-order chi connectivity index (χ0) is 44.5. The second-order valence-electron chi connectivity index (χ2n) is 17.4. The summed E-state index contributed by atoms with van der Waals surface area (Å²) in [6, 6.07) is 73.7. The van der Waals surface area contributed by atoms with Crippen LogP contribution in [0.2, 0.25) is 0 Å². The third-order valence-electron chi connectivity index (χ3n) is 13.7. The van der Waals surface area contributed by atoms with Crippen molar-refractivity contribution in [3.05, 3.63) is 206 Å². The van der Waals surface area contributed by atoms with Gasteiger partial charge in [0.15, 0.2) is 17.5 Å². The van der Waals surface area contributed by atoms with Gasteiger partial charge < -0.3 is 8.98 Å². The Balaban J connectivity index is 1.04. The molecule has 0 amide bonds. The SMILES string of the molecule is c1ccc2cc3c(cc2c1)c1ccccc1n3-c1ccc(-c2nc(-c3cccc4c3sc3ccccc34)nc(-c3cccc4sc5ccccc5c34)n2)cc1-c1cccc2c1oc1ccccc12. The highest BCUT2D eigenvalue weighted by Crippen LogP contribution is 2.45. The van der Waals surface area contributed by atoms with Crippen LogP contribution in [0, 0.1) is 0 Å². The number of thiophene rings is 2. The van der Waals surface area contributed by atoms with Crippen LogP contribution in [0.5, 0.6) is 0 Å². The minimum atomic E-state index is 0.595. The lowest BCUT2D eigenvalue weighted by Gasteiger charge is -2.17. The van der Waals surface area contributed by atoms with Crippen LogP contribution in [-0.4, -0.2) is 19.5 Å². The number of aromatic nitrogens is 4. The molecule has 0 aliphatic heterocycles. The highest BCUT2D eigenvalue weighted by Gasteiger charge is 2.23. The molecule has 0 saturated carbocycles. The van der Waals surface area contributed by atoms with Gasteiger partial charge in [-0.25, -0.2) is 15.0 Å². The molecule has 0 aliphatic carbocycles. The highest BCUT2D eigenvalue weighted by atomic mass is 32.1. The molecule has 0 spiro atoms. The first-order chi connectivity index (χ1) is 33.7. The molecular formula is C61H34N4OS2. The summed E-state index contributed by atoms with van der Waals surface area (Å²) in [7, 11) is 0. The number of nitrogens with zero attached hydrogens (tertiary/aromatic N) is 4. The Morgan fingerprint density at radius 3 is 1.85 bits per heavy atom. The standard InChI is InChI=1S/C61H34N4OS2/c1-2-15-36-34-51-47(32-35(36)14-1)38-16-3-7-25-49(38)65(51)50-31-30-37(33-48(50)42-21-11-20-41-39-17-4-8-26-52(39)66-57(41)42)59-62-60(45-23-13-29-55-56(45)44-19-6-10-28-54(44)67-55)64-61(63-59)46-24-12-22-43-40-18-5-9-27-53(40)68-58(43)46/h1-34H. The van der Waals surface area contributed by atoms with Crippen molar-refractivity contribution in [3.8, 4) is 51.0 Å². The molecule has 5 nitrogen and oxygen atoms in total. The van der Waals surface area contributed by atoms with Crippen LogP contribution in [-0.2, 0) is 0 Å². The van der Waals surface area contributed by atoms with Gasteiger partial charge in [0.25, 0.3) is 0 Å². The van der Waals surface area contributed by atoms with E-state index in [1.54, 1.807) is 22.7 Å². The van der Waals surface area contributed by atoms with E-state index in [-0.39, 0.29) is 0 Å². The van der Waals surface area contributed by atoms with Gasteiger partial charge >= 0.3 is 0 Å². The normalized spacial score (nSPS) is 12.1. The Hall–Kier alpha value is -8.49. The van der Waals surface area contributed by atoms with E-state index in [1.165, 1.54) is 51.8 Å². The Morgan fingerprint density at radius 1 is 0.368 bits per heavy atom. The molecule has 0 atom stereocenters. The predicted molar refractivity (Wildman–Crippen MR) is 286 cm³/mol. The van der Waals surface area contributed by atoms with Crippen molar-refractivity contribution in [3.63, 3.8) is 0 Å². The van der Waals surface area contributed by atoms with Crippen LogP contribution in [0.1, 0.15) is 0 Å². The lowest BCUT2D eigenvalue weighted by atomic mass is 9.97. The van der Waals surface area contributed by atoms with Crippen LogP contribution in [0.4, 0.5) is 0 Å². The molecule has 15 rings (SSSR count). The van der Waals surface area contributed by atoms with Gasteiger partial charge in [0.1, 0.15) is 11.2 Å². The molecule has 316 valence electrons. The summed E-state index contributed by atoms with van der Waals surface area (Å²) >= 11 is 3.58. The van der Waals surface area contributed by atoms with Gasteiger partial charge in [-0.05, 0) is 77.5 Å². The Kier molecular flexibility index (Phi) is 8.04. The largest absolute Gasteiger partial charge is 0.455 e. The number of benzene rings is 10. The summed E-state index contributed by atoms with van der Waals surface area (Å²) in [5.41, 5.74) is 9.81. The molecule has 0 fully saturated rings. The lowest BCUT2D eigenvalue weighted by molar-refractivity contribution is 0.670. The van der Waals surface area contributed by atoms with Crippen molar-refractivity contribution in [2.45, 2.75) is 0 Å². The van der Waals surface area contributed by atoms with Crippen LogP contribution < -0.4 is 0 Å². The van der Waals surface area contributed by atoms with Crippen molar-refractivity contribution in [1.29, 1.82) is 0 Å². The molecule has 0 bridgehead atoms. The van der Waals surface area contributed by atoms with Gasteiger partial charge in [-0.2, -0.15) is 0 Å². The van der Waals surface area contributed by atoms with Crippen molar-refractivity contribution < 1.29 is 4.42 Å². The van der Waals surface area contributed by atoms with Gasteiger partial charge in [0.05, 0.1) is 16.7 Å². The molecule has 0 unspecified atom stereocenters. The number of hydrogen-bond acceptors (Lipinski definition) is 6. The Morgan fingerprint density at radius 2 is 0.985 bits per heavy atom. The maximum absolute atomic E-state index is 6.83. The number of rotatable bonds is 5. The van der Waals surface area contributed by atoms with E-state index in [1.807, 2.05) is 6.07 Å². The highest BCUT2D eigenvalue weighted by molar-refractivity contribution is 7.26. The molecule has 0 radical (unpaired) electrons. The third-order valence-corrected chi connectivity index (χ3v) is 16.0. The van der Waals surface area contributed by atoms with Gasteiger partial charge in [0, 0.05) is 89.7 Å². The zero-order valence-electron chi connectivity index (χ0n) is 36.1. The fraction of sp³-hybridized carbons (Fsp3) is 0. The molecule has 68 heavy (non-hydrogen) atoms. The Labute approximate surface area is 396 Å². The summed E-state index contributed by atoms with van der Waals surface area (Å²) in [6.07, 6.45) is 0. The molecule has 0 aliphatic rings. The first-order valence-corrected chi connectivity index (χ1v) is 24.4. The fourth-order valence-electron chi connectivity index (χ4n) is 10.6. The minimum absolute atomic E-state index is 0.595. The zero-order valence-corrected chi connectivity index (χ0v) is 37.8. The molecule has 15 aromatic rings. The summed E-state index contributed by atoms with van der Waals surface area (Å²) in [5, 5.41) is 11.7. The number of para-hydroxylation sites is 3. The molecular weight excluding hydrogens is 869 g/mol. The van der Waals surface area contributed by atoms with Crippen LogP contribution in [0.15, 0.2) is 211 Å².